The Balaban J connectivity index is 1.75. The quantitative estimate of drug-likeness (QED) is 0.444. The number of carbonyl (C=O) groups excluding carboxylic acids is 1. The molecule has 1 fully saturated rings. The maximum Gasteiger partial charge on any atom is 0.327 e. The maximum absolute atomic E-state index is 13.3. The number of esters is 1. The van der Waals surface area contributed by atoms with Crippen molar-refractivity contribution in [2.24, 2.45) is 5.92 Å². The Kier molecular flexibility index (Phi) is 8.18. The van der Waals surface area contributed by atoms with Crippen LogP contribution in [0.25, 0.3) is 10.9 Å². The molecule has 9 heteroatoms. The molecule has 2 aromatic heterocycles. The summed E-state index contributed by atoms with van der Waals surface area (Å²) in [6.45, 7) is 10.9. The molecule has 1 aliphatic carbocycles. The zero-order valence-electron chi connectivity index (χ0n) is 22.1. The van der Waals surface area contributed by atoms with Gasteiger partial charge in [-0.05, 0) is 73.0 Å². The lowest BCUT2D eigenvalue weighted by Crippen LogP contribution is -2.43. The highest BCUT2D eigenvalue weighted by molar-refractivity contribution is 5.82. The normalized spacial score (nSPS) is 15.6. The summed E-state index contributed by atoms with van der Waals surface area (Å²) in [4.78, 5) is 31.0. The highest BCUT2D eigenvalue weighted by Crippen LogP contribution is 2.35. The second-order valence-corrected chi connectivity index (χ2v) is 10.3. The van der Waals surface area contributed by atoms with E-state index in [1.165, 1.54) is 12.0 Å². The Morgan fingerprint density at radius 1 is 1.19 bits per heavy atom. The number of pyridine rings is 1. The van der Waals surface area contributed by atoms with Gasteiger partial charge >= 0.3 is 5.97 Å². The molecule has 0 radical (unpaired) electrons. The molecule has 0 unspecified atom stereocenters. The van der Waals surface area contributed by atoms with E-state index in [9.17, 15) is 9.59 Å². The fourth-order valence-electron chi connectivity index (χ4n) is 5.61. The van der Waals surface area contributed by atoms with E-state index in [1.54, 1.807) is 11.6 Å². The zero-order chi connectivity index (χ0) is 25.8. The van der Waals surface area contributed by atoms with Gasteiger partial charge in [0.15, 0.2) is 5.82 Å². The summed E-state index contributed by atoms with van der Waals surface area (Å²) in [7, 11) is 0. The Morgan fingerprint density at radius 3 is 2.64 bits per heavy atom. The summed E-state index contributed by atoms with van der Waals surface area (Å²) in [5.41, 5.74) is 3.78. The van der Waals surface area contributed by atoms with Gasteiger partial charge in [-0.1, -0.05) is 44.7 Å². The minimum atomic E-state index is -0.366. The molecule has 1 atom stereocenters. The average molecular weight is 495 g/mol. The molecule has 3 aromatic rings. The summed E-state index contributed by atoms with van der Waals surface area (Å²) < 4.78 is 6.70. The van der Waals surface area contributed by atoms with E-state index in [2.05, 4.69) is 58.3 Å². The van der Waals surface area contributed by atoms with Crippen LogP contribution in [0, 0.1) is 19.8 Å². The third kappa shape index (κ3) is 5.67. The number of ether oxygens (including phenoxy) is 1. The summed E-state index contributed by atoms with van der Waals surface area (Å²) in [6, 6.07) is 6.38. The maximum atomic E-state index is 13.3. The molecule has 9 nitrogen and oxygen atoms in total. The lowest BCUT2D eigenvalue weighted by atomic mass is 9.90. The predicted octanol–water partition coefficient (Wildman–Crippen LogP) is 4.23. The van der Waals surface area contributed by atoms with Gasteiger partial charge in [0, 0.05) is 18.2 Å². The van der Waals surface area contributed by atoms with E-state index in [1.807, 2.05) is 13.0 Å². The van der Waals surface area contributed by atoms with Crippen LogP contribution in [0.15, 0.2) is 23.0 Å². The Hall–Kier alpha value is -3.07. The fraction of sp³-hybridized carbons (Fsp3) is 0.593. The van der Waals surface area contributed by atoms with Crippen molar-refractivity contribution in [3.63, 3.8) is 0 Å². The number of aryl methyl sites for hydroxylation is 2. The Labute approximate surface area is 212 Å². The SMILES string of the molecule is CCOC(=O)Cn1nnnc1[C@@H](C(C)C)N(Cc1cc2cc(C)cc(C)c2[nH]c1=O)C1CCCCC1. The molecule has 0 amide bonds. The topological polar surface area (TPSA) is 106 Å². The second-order valence-electron chi connectivity index (χ2n) is 10.3. The minimum absolute atomic E-state index is 0.0347. The van der Waals surface area contributed by atoms with Crippen LogP contribution < -0.4 is 5.56 Å². The van der Waals surface area contributed by atoms with Crippen LogP contribution in [0.4, 0.5) is 0 Å². The number of hydrogen-bond acceptors (Lipinski definition) is 7. The van der Waals surface area contributed by atoms with Gasteiger partial charge in [-0.15, -0.1) is 5.10 Å². The molecule has 194 valence electrons. The van der Waals surface area contributed by atoms with Crippen LogP contribution >= 0.6 is 0 Å². The molecule has 1 saturated carbocycles. The van der Waals surface area contributed by atoms with Gasteiger partial charge in [0.1, 0.15) is 6.54 Å². The van der Waals surface area contributed by atoms with Crippen LogP contribution in [0.1, 0.15) is 81.4 Å². The van der Waals surface area contributed by atoms with Crippen molar-refractivity contribution in [1.82, 2.24) is 30.1 Å². The van der Waals surface area contributed by atoms with E-state index in [0.29, 0.717) is 25.0 Å². The first-order valence-corrected chi connectivity index (χ1v) is 13.1. The average Bonchev–Trinajstić information content (AvgIpc) is 3.27. The number of aromatic amines is 1. The van der Waals surface area contributed by atoms with Crippen molar-refractivity contribution in [3.05, 3.63) is 51.1 Å². The van der Waals surface area contributed by atoms with Crippen molar-refractivity contribution in [3.8, 4) is 0 Å². The standard InChI is InChI=1S/C27H38N6O3/c1-6-36-23(34)16-33-26(29-30-31-33)25(17(2)3)32(22-10-8-7-9-11-22)15-21-14-20-13-18(4)12-19(5)24(20)28-27(21)35/h12-14,17,22,25H,6-11,15-16H2,1-5H3,(H,28,35)/t25-/m1/s1. The largest absolute Gasteiger partial charge is 0.465 e. The van der Waals surface area contributed by atoms with Gasteiger partial charge in [0.25, 0.3) is 5.56 Å². The van der Waals surface area contributed by atoms with Crippen molar-refractivity contribution < 1.29 is 9.53 Å². The molecule has 0 bridgehead atoms. The summed E-state index contributed by atoms with van der Waals surface area (Å²) >= 11 is 0. The number of fused-ring (bicyclic) bond motifs is 1. The zero-order valence-corrected chi connectivity index (χ0v) is 22.1. The van der Waals surface area contributed by atoms with Crippen molar-refractivity contribution in [2.75, 3.05) is 6.61 Å². The van der Waals surface area contributed by atoms with Crippen molar-refractivity contribution in [2.45, 2.75) is 91.9 Å². The molecule has 0 spiro atoms. The van der Waals surface area contributed by atoms with Crippen LogP contribution in [0.2, 0.25) is 0 Å². The molecule has 2 heterocycles. The molecule has 1 aliphatic rings. The summed E-state index contributed by atoms with van der Waals surface area (Å²) in [5.74, 6) is 0.421. The molecule has 0 saturated heterocycles. The number of aromatic nitrogens is 5. The van der Waals surface area contributed by atoms with Gasteiger partial charge in [-0.2, -0.15) is 0 Å². The molecular formula is C27H38N6O3. The van der Waals surface area contributed by atoms with Gasteiger partial charge in [0.05, 0.1) is 18.2 Å². The number of tetrazole rings is 1. The predicted molar refractivity (Wildman–Crippen MR) is 138 cm³/mol. The van der Waals surface area contributed by atoms with E-state index in [-0.39, 0.29) is 30.0 Å². The van der Waals surface area contributed by atoms with Gasteiger partial charge in [-0.25, -0.2) is 4.68 Å². The highest BCUT2D eigenvalue weighted by Gasteiger charge is 2.35. The van der Waals surface area contributed by atoms with Gasteiger partial charge < -0.3 is 9.72 Å². The van der Waals surface area contributed by atoms with E-state index in [0.717, 1.165) is 47.7 Å². The van der Waals surface area contributed by atoms with E-state index >= 15 is 0 Å². The van der Waals surface area contributed by atoms with Crippen LogP contribution in [-0.2, 0) is 22.6 Å². The summed E-state index contributed by atoms with van der Waals surface area (Å²) in [5, 5.41) is 13.4. The smallest absolute Gasteiger partial charge is 0.327 e. The van der Waals surface area contributed by atoms with Gasteiger partial charge in [0.2, 0.25) is 0 Å². The summed E-state index contributed by atoms with van der Waals surface area (Å²) in [6.07, 6.45) is 5.67. The van der Waals surface area contributed by atoms with Crippen LogP contribution in [-0.4, -0.2) is 48.7 Å². The molecule has 4 rings (SSSR count). The molecule has 1 N–H and O–H groups in total. The molecule has 1 aromatic carbocycles. The monoisotopic (exact) mass is 494 g/mol. The van der Waals surface area contributed by atoms with Crippen molar-refractivity contribution in [1.29, 1.82) is 0 Å². The van der Waals surface area contributed by atoms with Crippen LogP contribution in [0.3, 0.4) is 0 Å². The number of carbonyl (C=O) groups is 1. The van der Waals surface area contributed by atoms with Crippen LogP contribution in [0.5, 0.6) is 0 Å². The number of hydrogen-bond donors (Lipinski definition) is 1. The lowest BCUT2D eigenvalue weighted by Gasteiger charge is -2.41. The Bertz CT molecular complexity index is 1260. The first-order chi connectivity index (χ1) is 17.3. The first kappa shape index (κ1) is 26.0. The Morgan fingerprint density at radius 2 is 1.94 bits per heavy atom. The van der Waals surface area contributed by atoms with Gasteiger partial charge in [-0.3, -0.25) is 14.5 Å². The number of nitrogens with one attached hydrogen (secondary N) is 1. The number of nitrogens with zero attached hydrogens (tertiary/aromatic N) is 5. The number of benzene rings is 1. The fourth-order valence-corrected chi connectivity index (χ4v) is 5.61. The molecule has 36 heavy (non-hydrogen) atoms. The first-order valence-electron chi connectivity index (χ1n) is 13.1. The van der Waals surface area contributed by atoms with E-state index in [4.69, 9.17) is 4.74 Å². The second kappa shape index (κ2) is 11.3. The van der Waals surface area contributed by atoms with Crippen molar-refractivity contribution >= 4 is 16.9 Å². The third-order valence-corrected chi connectivity index (χ3v) is 7.16. The highest BCUT2D eigenvalue weighted by atomic mass is 16.5. The lowest BCUT2D eigenvalue weighted by molar-refractivity contribution is -0.144. The molecule has 0 aliphatic heterocycles. The minimum Gasteiger partial charge on any atom is -0.465 e. The number of rotatable bonds is 9. The van der Waals surface area contributed by atoms with E-state index < -0.39 is 0 Å². The molecular weight excluding hydrogens is 456 g/mol. The number of H-pyrrole nitrogens is 1. The third-order valence-electron chi connectivity index (χ3n) is 7.16.